The number of nitrogens with zero attached hydrogens (tertiary/aromatic N) is 2. The van der Waals surface area contributed by atoms with E-state index in [2.05, 4.69) is 34.6 Å². The van der Waals surface area contributed by atoms with Crippen LogP contribution in [0.5, 0.6) is 0 Å². The van der Waals surface area contributed by atoms with E-state index in [1.54, 1.807) is 13.1 Å². The molecule has 32 heavy (non-hydrogen) atoms. The molecule has 168 valence electrons. The van der Waals surface area contributed by atoms with Crippen molar-refractivity contribution in [1.82, 2.24) is 14.9 Å². The first-order valence-electron chi connectivity index (χ1n) is 11.4. The van der Waals surface area contributed by atoms with Crippen LogP contribution in [0.15, 0.2) is 48.8 Å². The Balaban J connectivity index is 1.25. The molecular formula is C26H30ClN3O2. The number of carbonyl (C=O) groups excluding carboxylic acids is 2. The van der Waals surface area contributed by atoms with E-state index < -0.39 is 6.04 Å². The van der Waals surface area contributed by atoms with Gasteiger partial charge in [0.15, 0.2) is 5.78 Å². The third kappa shape index (κ3) is 5.21. The Kier molecular flexibility index (Phi) is 6.95. The number of Topliss-reactive ketones (excluding diaryl/α,β-unsaturated/α-hetero) is 1. The molecule has 6 heteroatoms. The summed E-state index contributed by atoms with van der Waals surface area (Å²) in [4.78, 5) is 29.8. The summed E-state index contributed by atoms with van der Waals surface area (Å²) in [6.45, 7) is 1.78. The highest BCUT2D eigenvalue weighted by molar-refractivity contribution is 6.35. The third-order valence-corrected chi connectivity index (χ3v) is 6.90. The number of aromatic nitrogens is 2. The third-order valence-electron chi connectivity index (χ3n) is 6.60. The normalized spacial score (nSPS) is 19.2. The van der Waals surface area contributed by atoms with Gasteiger partial charge in [0.2, 0.25) is 5.91 Å². The van der Waals surface area contributed by atoms with Crippen LogP contribution in [0.1, 0.15) is 43.7 Å². The summed E-state index contributed by atoms with van der Waals surface area (Å²) in [5.74, 6) is 0.592. The number of ketones is 1. The number of amides is 1. The molecule has 3 atom stereocenters. The SMILES string of the molecule is C[C@H](NC(=O)[C@@H]1CC[C@@H](Cc2ccccc2)C1)C(=O)CCc1cnc2c(c1)c(Cl)cn2C. The number of aryl methyl sites for hydroxylation is 2. The predicted octanol–water partition coefficient (Wildman–Crippen LogP) is 4.89. The van der Waals surface area contributed by atoms with Crippen molar-refractivity contribution in [3.63, 3.8) is 0 Å². The van der Waals surface area contributed by atoms with E-state index >= 15 is 0 Å². The van der Waals surface area contributed by atoms with Crippen molar-refractivity contribution in [1.29, 1.82) is 0 Å². The van der Waals surface area contributed by atoms with Crippen LogP contribution < -0.4 is 5.32 Å². The molecule has 1 amide bonds. The Hall–Kier alpha value is -2.66. The Bertz CT molecular complexity index is 1110. The first kappa shape index (κ1) is 22.5. The molecule has 1 N–H and O–H groups in total. The minimum Gasteiger partial charge on any atom is -0.346 e. The number of nitrogens with one attached hydrogen (secondary N) is 1. The minimum absolute atomic E-state index is 0.00536. The fourth-order valence-electron chi connectivity index (χ4n) is 4.74. The molecule has 2 aromatic heterocycles. The summed E-state index contributed by atoms with van der Waals surface area (Å²) in [6, 6.07) is 12.0. The minimum atomic E-state index is -0.479. The fourth-order valence-corrected chi connectivity index (χ4v) is 5.02. The van der Waals surface area contributed by atoms with Crippen molar-refractivity contribution in [2.45, 2.75) is 51.5 Å². The molecule has 4 rings (SSSR count). The average Bonchev–Trinajstić information content (AvgIpc) is 3.37. The molecule has 1 aliphatic carbocycles. The molecule has 0 saturated heterocycles. The summed E-state index contributed by atoms with van der Waals surface area (Å²) in [5.41, 5.74) is 3.12. The van der Waals surface area contributed by atoms with Crippen molar-refractivity contribution in [2.75, 3.05) is 0 Å². The van der Waals surface area contributed by atoms with Crippen molar-refractivity contribution in [2.24, 2.45) is 18.9 Å². The van der Waals surface area contributed by atoms with Crippen LogP contribution in [0.4, 0.5) is 0 Å². The lowest BCUT2D eigenvalue weighted by Gasteiger charge is -2.17. The van der Waals surface area contributed by atoms with Crippen molar-refractivity contribution in [3.8, 4) is 0 Å². The van der Waals surface area contributed by atoms with Crippen LogP contribution in [-0.4, -0.2) is 27.3 Å². The first-order chi connectivity index (χ1) is 15.4. The Morgan fingerprint density at radius 3 is 2.78 bits per heavy atom. The van der Waals surface area contributed by atoms with E-state index in [1.165, 1.54) is 5.56 Å². The number of hydrogen-bond donors (Lipinski definition) is 1. The molecule has 5 nitrogen and oxygen atoms in total. The number of fused-ring (bicyclic) bond motifs is 1. The summed E-state index contributed by atoms with van der Waals surface area (Å²) in [5, 5.41) is 4.51. The van der Waals surface area contributed by atoms with Gasteiger partial charge in [-0.3, -0.25) is 9.59 Å². The van der Waals surface area contributed by atoms with Crippen molar-refractivity contribution >= 4 is 34.3 Å². The largest absolute Gasteiger partial charge is 0.346 e. The summed E-state index contributed by atoms with van der Waals surface area (Å²) in [6.07, 6.45) is 8.44. The van der Waals surface area contributed by atoms with Crippen LogP contribution >= 0.6 is 11.6 Å². The molecular weight excluding hydrogens is 422 g/mol. The topological polar surface area (TPSA) is 64.0 Å². The number of carbonyl (C=O) groups is 2. The molecule has 3 aromatic rings. The Labute approximate surface area is 194 Å². The van der Waals surface area contributed by atoms with Gasteiger partial charge in [-0.2, -0.15) is 0 Å². The maximum atomic E-state index is 12.7. The second-order valence-corrected chi connectivity index (χ2v) is 9.47. The molecule has 1 fully saturated rings. The van der Waals surface area contributed by atoms with Crippen LogP contribution in [0.2, 0.25) is 5.02 Å². The van der Waals surface area contributed by atoms with Crippen molar-refractivity contribution in [3.05, 3.63) is 64.9 Å². The van der Waals surface area contributed by atoms with E-state index in [0.717, 1.165) is 42.3 Å². The molecule has 0 aliphatic heterocycles. The van der Waals surface area contributed by atoms with Gasteiger partial charge in [0.05, 0.1) is 11.1 Å². The lowest BCUT2D eigenvalue weighted by molar-refractivity contribution is -0.129. The van der Waals surface area contributed by atoms with Crippen molar-refractivity contribution < 1.29 is 9.59 Å². The number of pyridine rings is 1. The quantitative estimate of drug-likeness (QED) is 0.530. The first-order valence-corrected chi connectivity index (χ1v) is 11.7. The van der Waals surface area contributed by atoms with Gasteiger partial charge in [-0.1, -0.05) is 41.9 Å². The van der Waals surface area contributed by atoms with E-state index in [9.17, 15) is 9.59 Å². The number of hydrogen-bond acceptors (Lipinski definition) is 3. The van der Waals surface area contributed by atoms with Gasteiger partial charge >= 0.3 is 0 Å². The van der Waals surface area contributed by atoms with Gasteiger partial charge in [0, 0.05) is 37.2 Å². The summed E-state index contributed by atoms with van der Waals surface area (Å²) >= 11 is 6.26. The average molecular weight is 452 g/mol. The second kappa shape index (κ2) is 9.86. The van der Waals surface area contributed by atoms with Gasteiger partial charge in [-0.15, -0.1) is 0 Å². The zero-order valence-corrected chi connectivity index (χ0v) is 19.4. The zero-order valence-electron chi connectivity index (χ0n) is 18.7. The maximum Gasteiger partial charge on any atom is 0.223 e. The smallest absolute Gasteiger partial charge is 0.223 e. The zero-order chi connectivity index (χ0) is 22.7. The van der Waals surface area contributed by atoms with Gasteiger partial charge in [0.1, 0.15) is 5.65 Å². The Morgan fingerprint density at radius 1 is 1.22 bits per heavy atom. The van der Waals surface area contributed by atoms with Crippen LogP contribution in [0.25, 0.3) is 11.0 Å². The van der Waals surface area contributed by atoms with E-state index in [-0.39, 0.29) is 17.6 Å². The Morgan fingerprint density at radius 2 is 2.00 bits per heavy atom. The summed E-state index contributed by atoms with van der Waals surface area (Å²) < 4.78 is 1.89. The molecule has 0 radical (unpaired) electrons. The summed E-state index contributed by atoms with van der Waals surface area (Å²) in [7, 11) is 1.91. The predicted molar refractivity (Wildman–Crippen MR) is 128 cm³/mol. The standard InChI is InChI=1S/C26H30ClN3O2/c1-17(24(31)11-9-20-14-22-23(27)16-30(2)25(22)28-15-20)29-26(32)21-10-8-19(13-21)12-18-6-4-3-5-7-18/h3-7,14-17,19,21H,8-13H2,1-2H3,(H,29,32)/t17-,19-,21+/m0/s1. The van der Waals surface area contributed by atoms with E-state index in [0.29, 0.717) is 23.8 Å². The number of halogens is 1. The van der Waals surface area contributed by atoms with Crippen LogP contribution in [0.3, 0.4) is 0 Å². The van der Waals surface area contributed by atoms with Gasteiger partial charge in [-0.25, -0.2) is 4.98 Å². The molecule has 0 spiro atoms. The highest BCUT2D eigenvalue weighted by Gasteiger charge is 2.31. The van der Waals surface area contributed by atoms with Gasteiger partial charge in [-0.05, 0) is 62.1 Å². The maximum absolute atomic E-state index is 12.7. The highest BCUT2D eigenvalue weighted by Crippen LogP contribution is 2.33. The molecule has 0 bridgehead atoms. The van der Waals surface area contributed by atoms with Crippen LogP contribution in [0, 0.1) is 11.8 Å². The lowest BCUT2D eigenvalue weighted by Crippen LogP contribution is -2.41. The van der Waals surface area contributed by atoms with Gasteiger partial charge in [0.25, 0.3) is 0 Å². The van der Waals surface area contributed by atoms with Crippen LogP contribution in [-0.2, 0) is 29.5 Å². The number of rotatable bonds is 8. The highest BCUT2D eigenvalue weighted by atomic mass is 35.5. The molecule has 0 unspecified atom stereocenters. The molecule has 1 aliphatic rings. The molecule has 1 aromatic carbocycles. The number of benzene rings is 1. The van der Waals surface area contributed by atoms with E-state index in [1.807, 2.05) is 29.9 Å². The van der Waals surface area contributed by atoms with E-state index in [4.69, 9.17) is 11.6 Å². The monoisotopic (exact) mass is 451 g/mol. The fraction of sp³-hybridized carbons (Fsp3) is 0.423. The van der Waals surface area contributed by atoms with Gasteiger partial charge < -0.3 is 9.88 Å². The molecule has 2 heterocycles. The second-order valence-electron chi connectivity index (χ2n) is 9.06. The molecule has 1 saturated carbocycles. The lowest BCUT2D eigenvalue weighted by atomic mass is 9.96.